The maximum atomic E-state index is 13.7. The van der Waals surface area contributed by atoms with Gasteiger partial charge in [-0.1, -0.05) is 0 Å². The van der Waals surface area contributed by atoms with Crippen LogP contribution in [-0.4, -0.2) is 17.4 Å². The Balaban J connectivity index is 2.22. The molecule has 5 heteroatoms. The summed E-state index contributed by atoms with van der Waals surface area (Å²) in [5.74, 6) is -0.651. The van der Waals surface area contributed by atoms with Crippen LogP contribution in [0.25, 0.3) is 11.1 Å². The number of nitrogens with one attached hydrogen (secondary N) is 1. The minimum absolute atomic E-state index is 0.341. The molecule has 2 aromatic rings. The third kappa shape index (κ3) is 3.72. The molecule has 0 aliphatic carbocycles. The summed E-state index contributed by atoms with van der Waals surface area (Å²) in [5, 5.41) is 3.13. The molecule has 0 atom stereocenters. The Hall–Kier alpha value is -1.52. The van der Waals surface area contributed by atoms with Crippen molar-refractivity contribution >= 4 is 11.6 Å². The highest BCUT2D eigenvalue weighted by Crippen LogP contribution is 2.23. The van der Waals surface area contributed by atoms with Gasteiger partial charge < -0.3 is 5.32 Å². The Bertz CT molecular complexity index is 561. The fourth-order valence-electron chi connectivity index (χ4n) is 1.75. The van der Waals surface area contributed by atoms with Crippen molar-refractivity contribution in [3.8, 4) is 11.1 Å². The maximum Gasteiger partial charge on any atom is 0.133 e. The molecule has 0 saturated heterocycles. The highest BCUT2D eigenvalue weighted by molar-refractivity contribution is 6.18. The summed E-state index contributed by atoms with van der Waals surface area (Å²) in [6.45, 7) is 1.30. The molecule has 1 aromatic carbocycles. The Morgan fingerprint density at radius 2 is 2.00 bits per heavy atom. The average molecular weight is 283 g/mol. The van der Waals surface area contributed by atoms with Crippen LogP contribution in [0, 0.1) is 11.6 Å². The third-order valence-electron chi connectivity index (χ3n) is 2.64. The van der Waals surface area contributed by atoms with Crippen LogP contribution in [0.4, 0.5) is 8.78 Å². The lowest BCUT2D eigenvalue weighted by Crippen LogP contribution is -2.15. The fraction of sp³-hybridized carbons (Fsp3) is 0.214. The van der Waals surface area contributed by atoms with Gasteiger partial charge in [-0.15, -0.1) is 11.6 Å². The monoisotopic (exact) mass is 282 g/mol. The molecule has 0 unspecified atom stereocenters. The van der Waals surface area contributed by atoms with Gasteiger partial charge in [-0.05, 0) is 23.8 Å². The van der Waals surface area contributed by atoms with Gasteiger partial charge in [0.25, 0.3) is 0 Å². The molecule has 0 spiro atoms. The molecule has 0 saturated carbocycles. The molecule has 0 bridgehead atoms. The van der Waals surface area contributed by atoms with E-state index in [2.05, 4.69) is 10.3 Å². The van der Waals surface area contributed by atoms with Gasteiger partial charge in [-0.3, -0.25) is 4.98 Å². The van der Waals surface area contributed by atoms with E-state index >= 15 is 0 Å². The lowest BCUT2D eigenvalue weighted by Gasteiger charge is -2.07. The zero-order valence-electron chi connectivity index (χ0n) is 10.2. The number of rotatable bonds is 5. The predicted octanol–water partition coefficient (Wildman–Crippen LogP) is 3.36. The maximum absolute atomic E-state index is 13.7. The second-order valence-electron chi connectivity index (χ2n) is 4.07. The van der Waals surface area contributed by atoms with Gasteiger partial charge in [0.05, 0.1) is 0 Å². The Morgan fingerprint density at radius 3 is 2.74 bits per heavy atom. The van der Waals surface area contributed by atoms with Crippen LogP contribution in [0.2, 0.25) is 0 Å². The first-order valence-electron chi connectivity index (χ1n) is 5.87. The number of alkyl halides is 1. The molecule has 19 heavy (non-hydrogen) atoms. The van der Waals surface area contributed by atoms with Crippen molar-refractivity contribution in [3.63, 3.8) is 0 Å². The van der Waals surface area contributed by atoms with Gasteiger partial charge in [-0.2, -0.15) is 0 Å². The SMILES string of the molecule is Fc1ccc(-c2cncc(CNCCCl)c2)c(F)c1. The average Bonchev–Trinajstić information content (AvgIpc) is 2.39. The Kier molecular flexibility index (Phi) is 4.82. The van der Waals surface area contributed by atoms with Crippen LogP contribution < -0.4 is 5.32 Å². The fourth-order valence-corrected chi connectivity index (χ4v) is 1.89. The second kappa shape index (κ2) is 6.59. The molecule has 2 rings (SSSR count). The van der Waals surface area contributed by atoms with E-state index in [1.807, 2.05) is 6.07 Å². The quantitative estimate of drug-likeness (QED) is 0.672. The van der Waals surface area contributed by atoms with E-state index in [9.17, 15) is 8.78 Å². The minimum atomic E-state index is -0.590. The Morgan fingerprint density at radius 1 is 1.16 bits per heavy atom. The van der Waals surface area contributed by atoms with Crippen molar-refractivity contribution in [2.45, 2.75) is 6.54 Å². The third-order valence-corrected chi connectivity index (χ3v) is 2.83. The number of nitrogens with zero attached hydrogens (tertiary/aromatic N) is 1. The summed E-state index contributed by atoms with van der Waals surface area (Å²) in [6, 6.07) is 5.34. The number of hydrogen-bond donors (Lipinski definition) is 1. The first kappa shape index (κ1) is 13.9. The summed E-state index contributed by atoms with van der Waals surface area (Å²) >= 11 is 5.57. The van der Waals surface area contributed by atoms with Gasteiger partial charge in [0, 0.05) is 48.6 Å². The van der Waals surface area contributed by atoms with Crippen LogP contribution in [0.5, 0.6) is 0 Å². The smallest absolute Gasteiger partial charge is 0.133 e. The van der Waals surface area contributed by atoms with Crippen molar-refractivity contribution in [2.24, 2.45) is 0 Å². The van der Waals surface area contributed by atoms with Gasteiger partial charge in [0.15, 0.2) is 0 Å². The standard InChI is InChI=1S/C14H13ClF2N2/c15-3-4-18-7-10-5-11(9-19-8-10)13-2-1-12(16)6-14(13)17/h1-2,5-6,8-9,18H,3-4,7H2. The van der Waals surface area contributed by atoms with Crippen molar-refractivity contribution in [2.75, 3.05) is 12.4 Å². The normalized spacial score (nSPS) is 10.7. The van der Waals surface area contributed by atoms with E-state index in [0.29, 0.717) is 30.1 Å². The summed E-state index contributed by atoms with van der Waals surface area (Å²) in [6.07, 6.45) is 3.26. The Labute approximate surface area is 115 Å². The number of pyridine rings is 1. The second-order valence-corrected chi connectivity index (χ2v) is 4.45. The van der Waals surface area contributed by atoms with Crippen LogP contribution in [0.1, 0.15) is 5.56 Å². The van der Waals surface area contributed by atoms with E-state index in [-0.39, 0.29) is 0 Å². The summed E-state index contributed by atoms with van der Waals surface area (Å²) < 4.78 is 26.5. The van der Waals surface area contributed by atoms with Crippen LogP contribution >= 0.6 is 11.6 Å². The molecule has 2 nitrogen and oxygen atoms in total. The van der Waals surface area contributed by atoms with Gasteiger partial charge in [-0.25, -0.2) is 8.78 Å². The lowest BCUT2D eigenvalue weighted by atomic mass is 10.1. The first-order chi connectivity index (χ1) is 9.20. The van der Waals surface area contributed by atoms with Crippen LogP contribution in [0.15, 0.2) is 36.7 Å². The first-order valence-corrected chi connectivity index (χ1v) is 6.40. The molecule has 1 heterocycles. The zero-order valence-corrected chi connectivity index (χ0v) is 10.9. The van der Waals surface area contributed by atoms with E-state index in [1.54, 1.807) is 12.4 Å². The molecule has 1 aromatic heterocycles. The number of halogens is 3. The van der Waals surface area contributed by atoms with Crippen molar-refractivity contribution in [1.29, 1.82) is 0 Å². The molecular formula is C14H13ClF2N2. The largest absolute Gasteiger partial charge is 0.311 e. The highest BCUT2D eigenvalue weighted by atomic mass is 35.5. The van der Waals surface area contributed by atoms with Crippen molar-refractivity contribution in [1.82, 2.24) is 10.3 Å². The minimum Gasteiger partial charge on any atom is -0.311 e. The zero-order chi connectivity index (χ0) is 13.7. The molecule has 100 valence electrons. The van der Waals surface area contributed by atoms with Gasteiger partial charge >= 0.3 is 0 Å². The van der Waals surface area contributed by atoms with E-state index < -0.39 is 11.6 Å². The number of benzene rings is 1. The lowest BCUT2D eigenvalue weighted by molar-refractivity contribution is 0.585. The summed E-state index contributed by atoms with van der Waals surface area (Å²) in [7, 11) is 0. The molecule has 0 aliphatic heterocycles. The van der Waals surface area contributed by atoms with Crippen LogP contribution in [0.3, 0.4) is 0 Å². The molecule has 0 amide bonds. The van der Waals surface area contributed by atoms with Crippen molar-refractivity contribution < 1.29 is 8.78 Å². The number of aromatic nitrogens is 1. The predicted molar refractivity (Wildman–Crippen MR) is 72.0 cm³/mol. The van der Waals surface area contributed by atoms with E-state index in [1.165, 1.54) is 12.1 Å². The molecule has 0 aliphatic rings. The summed E-state index contributed by atoms with van der Waals surface area (Å²) in [5.41, 5.74) is 1.89. The molecule has 0 radical (unpaired) electrons. The molecule has 0 fully saturated rings. The van der Waals surface area contributed by atoms with Crippen molar-refractivity contribution in [3.05, 3.63) is 53.9 Å². The number of hydrogen-bond acceptors (Lipinski definition) is 2. The topological polar surface area (TPSA) is 24.9 Å². The van der Waals surface area contributed by atoms with Crippen LogP contribution in [-0.2, 0) is 6.54 Å². The molecule has 1 N–H and O–H groups in total. The van der Waals surface area contributed by atoms with E-state index in [0.717, 1.165) is 11.6 Å². The highest BCUT2D eigenvalue weighted by Gasteiger charge is 2.07. The van der Waals surface area contributed by atoms with E-state index in [4.69, 9.17) is 11.6 Å². The van der Waals surface area contributed by atoms with Gasteiger partial charge in [0.1, 0.15) is 11.6 Å². The summed E-state index contributed by atoms with van der Waals surface area (Å²) in [4.78, 5) is 4.07. The van der Waals surface area contributed by atoms with Gasteiger partial charge in [0.2, 0.25) is 0 Å². The molecular weight excluding hydrogens is 270 g/mol.